The predicted octanol–water partition coefficient (Wildman–Crippen LogP) is 4.61. The molecule has 1 amide bonds. The summed E-state index contributed by atoms with van der Waals surface area (Å²) in [6, 6.07) is 27.1. The number of nitrogens with zero attached hydrogens (tertiary/aromatic N) is 3. The van der Waals surface area contributed by atoms with E-state index >= 15 is 0 Å². The van der Waals surface area contributed by atoms with Crippen LogP contribution in [0.5, 0.6) is 0 Å². The van der Waals surface area contributed by atoms with Crippen molar-refractivity contribution in [3.8, 4) is 16.9 Å². The molecule has 5 nitrogen and oxygen atoms in total. The van der Waals surface area contributed by atoms with Crippen LogP contribution in [-0.4, -0.2) is 21.9 Å². The Morgan fingerprint density at radius 3 is 2.28 bits per heavy atom. The number of benzene rings is 3. The molecule has 1 N–H and O–H groups in total. The van der Waals surface area contributed by atoms with Gasteiger partial charge in [-0.1, -0.05) is 66.2 Å². The van der Waals surface area contributed by atoms with Gasteiger partial charge in [0.1, 0.15) is 5.69 Å². The van der Waals surface area contributed by atoms with Crippen molar-refractivity contribution in [3.05, 3.63) is 108 Å². The molecule has 5 heteroatoms. The second-order valence-corrected chi connectivity index (χ2v) is 6.64. The number of aryl methyl sites for hydroxylation is 1. The summed E-state index contributed by atoms with van der Waals surface area (Å²) in [5.41, 5.74) is 7.79. The Bertz CT molecular complexity index is 1130. The summed E-state index contributed by atoms with van der Waals surface area (Å²) < 4.78 is 1.81. The number of carbonyl (C=O) groups excluding carboxylic acids is 1. The van der Waals surface area contributed by atoms with Gasteiger partial charge < -0.3 is 0 Å². The van der Waals surface area contributed by atoms with Crippen LogP contribution in [0.1, 0.15) is 21.5 Å². The average Bonchev–Trinajstić information content (AvgIpc) is 3.19. The standard InChI is InChI=1S/C24H20N4O/c1-18-12-14-20(15-13-18)24(29)26-25-16-21-17-28(22-10-6-3-7-11-22)27-23(21)19-8-4-2-5-9-19/h2-17H,1H3,(H,26,29)/b25-16+. The Morgan fingerprint density at radius 1 is 0.931 bits per heavy atom. The monoisotopic (exact) mass is 380 g/mol. The first-order valence-electron chi connectivity index (χ1n) is 9.31. The summed E-state index contributed by atoms with van der Waals surface area (Å²) in [5.74, 6) is -0.252. The zero-order valence-corrected chi connectivity index (χ0v) is 16.0. The molecule has 29 heavy (non-hydrogen) atoms. The minimum Gasteiger partial charge on any atom is -0.267 e. The quantitative estimate of drug-likeness (QED) is 0.406. The van der Waals surface area contributed by atoms with Crippen LogP contribution in [0.25, 0.3) is 16.9 Å². The maximum Gasteiger partial charge on any atom is 0.271 e. The third-order valence-electron chi connectivity index (χ3n) is 4.49. The molecule has 4 rings (SSSR count). The van der Waals surface area contributed by atoms with Crippen LogP contribution in [0, 0.1) is 6.92 Å². The van der Waals surface area contributed by atoms with Crippen molar-refractivity contribution in [2.45, 2.75) is 6.92 Å². The number of hydrogen-bond donors (Lipinski definition) is 1. The van der Waals surface area contributed by atoms with E-state index in [0.717, 1.165) is 28.1 Å². The third kappa shape index (κ3) is 4.30. The van der Waals surface area contributed by atoms with Crippen molar-refractivity contribution in [2.24, 2.45) is 5.10 Å². The van der Waals surface area contributed by atoms with Crippen LogP contribution < -0.4 is 5.43 Å². The fourth-order valence-electron chi connectivity index (χ4n) is 2.95. The Morgan fingerprint density at radius 2 is 1.59 bits per heavy atom. The first-order chi connectivity index (χ1) is 14.2. The SMILES string of the molecule is Cc1ccc(C(=O)N/N=C/c2cn(-c3ccccc3)nc2-c2ccccc2)cc1. The molecule has 3 aromatic carbocycles. The molecule has 0 aliphatic carbocycles. The predicted molar refractivity (Wildman–Crippen MR) is 115 cm³/mol. The van der Waals surface area contributed by atoms with Crippen LogP contribution in [0.3, 0.4) is 0 Å². The lowest BCUT2D eigenvalue weighted by molar-refractivity contribution is 0.0955. The number of para-hydroxylation sites is 1. The van der Waals surface area contributed by atoms with Crippen molar-refractivity contribution >= 4 is 12.1 Å². The zero-order valence-electron chi connectivity index (χ0n) is 16.0. The van der Waals surface area contributed by atoms with Crippen molar-refractivity contribution in [1.82, 2.24) is 15.2 Å². The van der Waals surface area contributed by atoms with Crippen LogP contribution in [-0.2, 0) is 0 Å². The molecule has 0 atom stereocenters. The Kier molecular flexibility index (Phi) is 5.29. The van der Waals surface area contributed by atoms with Gasteiger partial charge in [0.2, 0.25) is 0 Å². The van der Waals surface area contributed by atoms with Gasteiger partial charge >= 0.3 is 0 Å². The lowest BCUT2D eigenvalue weighted by Crippen LogP contribution is -2.17. The van der Waals surface area contributed by atoms with Gasteiger partial charge in [-0.05, 0) is 31.2 Å². The molecule has 0 saturated heterocycles. The van der Waals surface area contributed by atoms with Crippen LogP contribution in [0.2, 0.25) is 0 Å². The van der Waals surface area contributed by atoms with E-state index in [1.165, 1.54) is 0 Å². The van der Waals surface area contributed by atoms with Crippen molar-refractivity contribution in [3.63, 3.8) is 0 Å². The van der Waals surface area contributed by atoms with Crippen LogP contribution >= 0.6 is 0 Å². The van der Waals surface area contributed by atoms with Crippen LogP contribution in [0.15, 0.2) is 96.2 Å². The van der Waals surface area contributed by atoms with Crippen molar-refractivity contribution in [2.75, 3.05) is 0 Å². The summed E-state index contributed by atoms with van der Waals surface area (Å²) in [5, 5.41) is 8.88. The minimum atomic E-state index is -0.252. The van der Waals surface area contributed by atoms with Gasteiger partial charge in [-0.15, -0.1) is 0 Å². The second-order valence-electron chi connectivity index (χ2n) is 6.64. The average molecular weight is 380 g/mol. The highest BCUT2D eigenvalue weighted by Crippen LogP contribution is 2.22. The Hall–Kier alpha value is -3.99. The van der Waals surface area contributed by atoms with E-state index in [2.05, 4.69) is 10.5 Å². The molecule has 1 heterocycles. The number of aromatic nitrogens is 2. The van der Waals surface area contributed by atoms with E-state index in [0.29, 0.717) is 5.56 Å². The van der Waals surface area contributed by atoms with Gasteiger partial charge in [-0.3, -0.25) is 4.79 Å². The lowest BCUT2D eigenvalue weighted by Gasteiger charge is -2.01. The topological polar surface area (TPSA) is 59.3 Å². The van der Waals surface area contributed by atoms with Gasteiger partial charge in [0.15, 0.2) is 0 Å². The molecule has 0 bridgehead atoms. The molecule has 0 aliphatic rings. The second kappa shape index (κ2) is 8.35. The van der Waals surface area contributed by atoms with E-state index in [9.17, 15) is 4.79 Å². The highest BCUT2D eigenvalue weighted by atomic mass is 16.2. The number of rotatable bonds is 5. The first-order valence-corrected chi connectivity index (χ1v) is 9.31. The van der Waals surface area contributed by atoms with E-state index in [1.807, 2.05) is 90.6 Å². The zero-order chi connectivity index (χ0) is 20.1. The van der Waals surface area contributed by atoms with E-state index < -0.39 is 0 Å². The van der Waals surface area contributed by atoms with Crippen molar-refractivity contribution in [1.29, 1.82) is 0 Å². The molecule has 0 aliphatic heterocycles. The summed E-state index contributed by atoms with van der Waals surface area (Å²) in [7, 11) is 0. The molecular weight excluding hydrogens is 360 g/mol. The number of carbonyl (C=O) groups is 1. The minimum absolute atomic E-state index is 0.252. The van der Waals surface area contributed by atoms with E-state index in [-0.39, 0.29) is 5.91 Å². The van der Waals surface area contributed by atoms with E-state index in [4.69, 9.17) is 5.10 Å². The molecule has 0 spiro atoms. The number of nitrogens with one attached hydrogen (secondary N) is 1. The maximum absolute atomic E-state index is 12.3. The Balaban J connectivity index is 1.61. The summed E-state index contributed by atoms with van der Waals surface area (Å²) in [4.78, 5) is 12.3. The third-order valence-corrected chi connectivity index (χ3v) is 4.49. The summed E-state index contributed by atoms with van der Waals surface area (Å²) >= 11 is 0. The first kappa shape index (κ1) is 18.4. The van der Waals surface area contributed by atoms with Gasteiger partial charge in [0, 0.05) is 22.9 Å². The lowest BCUT2D eigenvalue weighted by atomic mass is 10.1. The number of hydrogen-bond acceptors (Lipinski definition) is 3. The molecule has 142 valence electrons. The number of hydrazone groups is 1. The van der Waals surface area contributed by atoms with Gasteiger partial charge in [0.25, 0.3) is 5.91 Å². The molecule has 0 unspecified atom stereocenters. The van der Waals surface area contributed by atoms with Gasteiger partial charge in [-0.25, -0.2) is 10.1 Å². The number of amides is 1. The molecule has 0 saturated carbocycles. The maximum atomic E-state index is 12.3. The molecule has 1 aromatic heterocycles. The molecule has 0 radical (unpaired) electrons. The largest absolute Gasteiger partial charge is 0.271 e. The molecule has 0 fully saturated rings. The normalized spacial score (nSPS) is 10.9. The van der Waals surface area contributed by atoms with Crippen molar-refractivity contribution < 1.29 is 4.79 Å². The van der Waals surface area contributed by atoms with Gasteiger partial charge in [0.05, 0.1) is 11.9 Å². The highest BCUT2D eigenvalue weighted by molar-refractivity contribution is 5.95. The molecular formula is C24H20N4O. The highest BCUT2D eigenvalue weighted by Gasteiger charge is 2.11. The van der Waals surface area contributed by atoms with E-state index in [1.54, 1.807) is 18.3 Å². The smallest absolute Gasteiger partial charge is 0.267 e. The van der Waals surface area contributed by atoms with Crippen LogP contribution in [0.4, 0.5) is 0 Å². The van der Waals surface area contributed by atoms with Gasteiger partial charge in [-0.2, -0.15) is 10.2 Å². The Labute approximate surface area is 169 Å². The summed E-state index contributed by atoms with van der Waals surface area (Å²) in [6.45, 7) is 1.98. The fraction of sp³-hybridized carbons (Fsp3) is 0.0417. The molecule has 4 aromatic rings. The summed E-state index contributed by atoms with van der Waals surface area (Å²) in [6.07, 6.45) is 3.53. The fourth-order valence-corrected chi connectivity index (χ4v) is 2.95.